The predicted octanol–water partition coefficient (Wildman–Crippen LogP) is -8.77. The summed E-state index contributed by atoms with van der Waals surface area (Å²) < 4.78 is 0. The molecule has 1 heterocycles. The van der Waals surface area contributed by atoms with Crippen LogP contribution in [0.1, 0.15) is 12.8 Å². The molecule has 120 valence electrons. The highest BCUT2D eigenvalue weighted by Gasteiger charge is 2.06. The monoisotopic (exact) mass is 410 g/mol. The van der Waals surface area contributed by atoms with Crippen molar-refractivity contribution >= 4 is 243 Å². The molecule has 0 saturated carbocycles. The van der Waals surface area contributed by atoms with Crippen LogP contribution in [0.5, 0.6) is 0 Å². The van der Waals surface area contributed by atoms with E-state index in [0.717, 1.165) is 0 Å². The molecule has 0 atom stereocenters. The van der Waals surface area contributed by atoms with Crippen molar-refractivity contribution in [1.82, 2.24) is 0 Å². The molecular weight excluding hydrogens is 394 g/mol. The van der Waals surface area contributed by atoms with E-state index in [1.54, 1.807) is 12.3 Å². The summed E-state index contributed by atoms with van der Waals surface area (Å²) in [5.74, 6) is 0. The van der Waals surface area contributed by atoms with Crippen molar-refractivity contribution in [2.45, 2.75) is 12.8 Å². The van der Waals surface area contributed by atoms with Crippen LogP contribution in [0.3, 0.4) is 0 Å². The van der Waals surface area contributed by atoms with Gasteiger partial charge in [-0.2, -0.15) is 0 Å². The molecule has 0 aliphatic carbocycles. The van der Waals surface area contributed by atoms with Crippen molar-refractivity contribution in [3.05, 3.63) is 0 Å². The first kappa shape index (κ1) is 662. The van der Waals surface area contributed by atoms with Gasteiger partial charge in [0.25, 0.3) is 0 Å². The average molecular weight is 405 g/mol. The van der Waals surface area contributed by atoms with E-state index in [4.69, 9.17) is 0 Å². The van der Waals surface area contributed by atoms with Gasteiger partial charge in [-0.25, -0.2) is 0 Å². The maximum absolute atomic E-state index is 2.41. The first-order valence-electron chi connectivity index (χ1n) is 2.58. The summed E-state index contributed by atoms with van der Waals surface area (Å²) in [7, 11) is 0.535. The molecule has 0 aromatic heterocycles. The van der Waals surface area contributed by atoms with Crippen molar-refractivity contribution in [1.29, 1.82) is 0 Å². The van der Waals surface area contributed by atoms with E-state index >= 15 is 0 Å². The van der Waals surface area contributed by atoms with Gasteiger partial charge >= 0.3 is 0 Å². The predicted molar refractivity (Wildman–Crippen MR) is 193 cm³/mol. The second-order valence-corrected chi connectivity index (χ2v) is 4.62. The van der Waals surface area contributed by atoms with Crippen molar-refractivity contribution in [3.8, 4) is 0 Å². The van der Waals surface area contributed by atoms with Crippen LogP contribution in [0.25, 0.3) is 0 Å². The summed E-state index contributed by atoms with van der Waals surface area (Å²) in [6, 6.07) is 0. The van der Waals surface area contributed by atoms with E-state index in [9.17, 15) is 0 Å². The van der Waals surface area contributed by atoms with E-state index in [1.807, 2.05) is 0 Å². The van der Waals surface area contributed by atoms with Crippen molar-refractivity contribution in [2.75, 3.05) is 19.0 Å². The molecule has 0 nitrogen and oxygen atoms in total. The largest absolute Gasteiger partial charge is 0.110 e. The first-order chi connectivity index (χ1) is 2.89. The minimum atomic E-state index is 0. The van der Waals surface area contributed by atoms with Gasteiger partial charge in [0.05, 0.1) is 0 Å². The molecular formula is C5H11B28P. The third kappa shape index (κ3) is 443. The van der Waals surface area contributed by atoms with Crippen LogP contribution in [-0.2, 0) is 0 Å². The molecule has 0 spiro atoms. The fourth-order valence-electron chi connectivity index (χ4n) is 0.875. The van der Waals surface area contributed by atoms with E-state index in [0.29, 0.717) is 7.92 Å². The lowest BCUT2D eigenvalue weighted by atomic mass is 10.4. The maximum Gasteiger partial charge on any atom is 0 e. The van der Waals surface area contributed by atoms with Crippen molar-refractivity contribution in [2.24, 2.45) is 0 Å². The van der Waals surface area contributed by atoms with Crippen LogP contribution in [0.15, 0.2) is 0 Å². The van der Waals surface area contributed by atoms with E-state index in [1.165, 1.54) is 12.8 Å². The summed E-state index contributed by atoms with van der Waals surface area (Å²) in [5.41, 5.74) is 0. The first-order valence-corrected chi connectivity index (χ1v) is 4.74. The Morgan fingerprint density at radius 3 is 0.353 bits per heavy atom. The maximum atomic E-state index is 2.41. The minimum Gasteiger partial charge on any atom is -0.110 e. The lowest BCUT2D eigenvalue weighted by Gasteiger charge is -1.93. The molecule has 0 amide bonds. The van der Waals surface area contributed by atoms with E-state index in [-0.39, 0.29) is 236 Å². The highest BCUT2D eigenvalue weighted by atomic mass is 31.1. The number of hydrogen-bond donors (Lipinski definition) is 0. The molecule has 1 rings (SSSR count). The molecule has 1 aliphatic heterocycles. The van der Waals surface area contributed by atoms with Gasteiger partial charge in [0.1, 0.15) is 0 Å². The van der Waals surface area contributed by atoms with Crippen LogP contribution in [-0.4, -0.2) is 255 Å². The molecule has 0 unspecified atom stereocenters. The van der Waals surface area contributed by atoms with Crippen LogP contribution >= 0.6 is 7.92 Å². The van der Waals surface area contributed by atoms with E-state index < -0.39 is 0 Å². The summed E-state index contributed by atoms with van der Waals surface area (Å²) in [4.78, 5) is 0. The van der Waals surface area contributed by atoms with Crippen LogP contribution in [0.2, 0.25) is 0 Å². The Bertz CT molecular complexity index is 60.1. The Morgan fingerprint density at radius 2 is 0.324 bits per heavy atom. The Hall–Kier alpha value is 2.25. The summed E-state index contributed by atoms with van der Waals surface area (Å²) in [6.45, 7) is 2.41. The van der Waals surface area contributed by atoms with Crippen LogP contribution in [0.4, 0.5) is 0 Å². The Kier molecular flexibility index (Phi) is 9410. The van der Waals surface area contributed by atoms with Gasteiger partial charge in [0.15, 0.2) is 0 Å². The summed E-state index contributed by atoms with van der Waals surface area (Å²) in [6.07, 6.45) is 6.13. The second kappa shape index (κ2) is 483. The third-order valence-corrected chi connectivity index (χ3v) is 3.49. The van der Waals surface area contributed by atoms with Crippen molar-refractivity contribution < 1.29 is 0 Å². The zero-order valence-corrected chi connectivity index (χ0v) is 21.3. The molecule has 0 aromatic rings. The van der Waals surface area contributed by atoms with Crippen molar-refractivity contribution in [3.63, 3.8) is 0 Å². The second-order valence-electron chi connectivity index (χ2n) is 2.01. The molecule has 34 heavy (non-hydrogen) atoms. The molecule has 0 bridgehead atoms. The fourth-order valence-corrected chi connectivity index (χ4v) is 2.63. The van der Waals surface area contributed by atoms with Gasteiger partial charge in [-0.15, -0.1) is 7.92 Å². The zero-order valence-electron chi connectivity index (χ0n) is 20.4. The normalized spacial score (nSPS) is 4.50. The molecule has 29 heteroatoms. The molecule has 1 saturated heterocycles. The lowest BCUT2D eigenvalue weighted by molar-refractivity contribution is 0.949. The average Bonchev–Trinajstić information content (AvgIpc) is 1.86. The lowest BCUT2D eigenvalue weighted by Crippen LogP contribution is -1.65. The van der Waals surface area contributed by atoms with Gasteiger partial charge in [0.2, 0.25) is 0 Å². The van der Waals surface area contributed by atoms with Gasteiger partial charge in [-0.3, -0.25) is 0 Å². The van der Waals surface area contributed by atoms with Gasteiger partial charge in [-0.05, 0) is 31.8 Å². The molecule has 0 aromatic carbocycles. The third-order valence-electron chi connectivity index (χ3n) is 1.33. The number of hydrogen-bond acceptors (Lipinski definition) is 0. The smallest absolute Gasteiger partial charge is 0 e. The Balaban J connectivity index is -0.000000000495. The summed E-state index contributed by atoms with van der Waals surface area (Å²) >= 11 is 0. The highest BCUT2D eigenvalue weighted by Crippen LogP contribution is 2.38. The Labute approximate surface area is 274 Å². The Morgan fingerprint density at radius 1 is 0.235 bits per heavy atom. The molecule has 1 aliphatic rings. The van der Waals surface area contributed by atoms with Crippen LogP contribution in [0, 0.1) is 0 Å². The quantitative estimate of drug-likeness (QED) is 0.278. The van der Waals surface area contributed by atoms with Crippen LogP contribution < -0.4 is 0 Å². The van der Waals surface area contributed by atoms with Gasteiger partial charge < -0.3 is 0 Å². The topological polar surface area (TPSA) is 0 Å². The van der Waals surface area contributed by atoms with Gasteiger partial charge in [-0.1, -0.05) is 0 Å². The molecule has 84 radical (unpaired) electrons. The standard InChI is InChI=1S/C5H11P.28B/c1-6-4-2-3-5-6;;;;;;;;;;;;;;;;;;;;;;;;;;;;/h2-5H2,1H3;;;;;;;;;;;;;;;;;;;;;;;;;;;;. The summed E-state index contributed by atoms with van der Waals surface area (Å²) in [5, 5.41) is 0. The van der Waals surface area contributed by atoms with E-state index in [2.05, 4.69) is 6.66 Å². The zero-order chi connectivity index (χ0) is 4.41. The van der Waals surface area contributed by atoms with Gasteiger partial charge in [0, 0.05) is 236 Å². The highest BCUT2D eigenvalue weighted by molar-refractivity contribution is 7.57. The number of rotatable bonds is 0. The fraction of sp³-hybridized carbons (Fsp3) is 1.00. The SMILES string of the molecule is CP1CCCC1.[B].[B].[B].[B].[B].[B].[B].[B].[B].[B].[B].[B].[B].[B].[B].[B].[B].[B].[B].[B].[B].[B].[B].[B].[B].[B].[B].[B]. The molecule has 0 N–H and O–H groups in total. The molecule has 1 fully saturated rings. The minimum absolute atomic E-state index is 0.